The lowest BCUT2D eigenvalue weighted by atomic mass is 10.3. The van der Waals surface area contributed by atoms with Gasteiger partial charge in [-0.15, -0.1) is 0 Å². The predicted octanol–water partition coefficient (Wildman–Crippen LogP) is 1.01. The summed E-state index contributed by atoms with van der Waals surface area (Å²) in [6.07, 6.45) is 0. The Hall–Kier alpha value is -0.990. The smallest absolute Gasteiger partial charge is 0.334 e. The molecule has 0 radical (unpaired) electrons. The number of aliphatic carboxylic acids is 1. The van der Waals surface area contributed by atoms with E-state index in [2.05, 4.69) is 4.74 Å². The van der Waals surface area contributed by atoms with Gasteiger partial charge in [-0.2, -0.15) is 0 Å². The maximum atomic E-state index is 10.2. The molecule has 0 aromatic carbocycles. The van der Waals surface area contributed by atoms with E-state index in [1.165, 1.54) is 14.0 Å². The Bertz CT molecular complexity index is 146. The highest BCUT2D eigenvalue weighted by molar-refractivity contribution is 5.86. The molecule has 0 aliphatic heterocycles. The number of methoxy groups -OCH3 is 1. The Kier molecular flexibility index (Phi) is 2.78. The van der Waals surface area contributed by atoms with Crippen LogP contribution >= 0.6 is 0 Å². The molecule has 0 atom stereocenters. The van der Waals surface area contributed by atoms with Crippen molar-refractivity contribution in [2.45, 2.75) is 13.8 Å². The van der Waals surface area contributed by atoms with E-state index in [9.17, 15) is 4.79 Å². The molecule has 0 aliphatic rings. The minimum atomic E-state index is -0.936. The van der Waals surface area contributed by atoms with Gasteiger partial charge in [0.15, 0.2) is 0 Å². The standard InChI is InChI=1S/C6H10O3/c1-4(6(7)8)5(2)9-3/h1-3H3,(H,7,8)/b5-4+. The third-order valence-corrected chi connectivity index (χ3v) is 1.16. The van der Waals surface area contributed by atoms with Crippen molar-refractivity contribution in [2.75, 3.05) is 7.11 Å². The van der Waals surface area contributed by atoms with E-state index in [0.717, 1.165) is 0 Å². The van der Waals surface area contributed by atoms with E-state index < -0.39 is 5.97 Å². The van der Waals surface area contributed by atoms with E-state index in [1.54, 1.807) is 6.92 Å². The second-order valence-electron chi connectivity index (χ2n) is 1.69. The minimum Gasteiger partial charge on any atom is -0.501 e. The van der Waals surface area contributed by atoms with Crippen LogP contribution in [-0.2, 0) is 9.53 Å². The van der Waals surface area contributed by atoms with Crippen molar-refractivity contribution in [3.63, 3.8) is 0 Å². The van der Waals surface area contributed by atoms with Gasteiger partial charge in [0.2, 0.25) is 0 Å². The van der Waals surface area contributed by atoms with Gasteiger partial charge in [-0.3, -0.25) is 0 Å². The van der Waals surface area contributed by atoms with Crippen molar-refractivity contribution in [1.82, 2.24) is 0 Å². The number of carbonyl (C=O) groups is 1. The van der Waals surface area contributed by atoms with Crippen LogP contribution in [0.25, 0.3) is 0 Å². The molecule has 0 saturated heterocycles. The Morgan fingerprint density at radius 3 is 2.00 bits per heavy atom. The zero-order chi connectivity index (χ0) is 7.44. The van der Waals surface area contributed by atoms with E-state index in [-0.39, 0.29) is 5.57 Å². The average Bonchev–Trinajstić information content (AvgIpc) is 1.84. The Labute approximate surface area is 53.9 Å². The molecule has 0 aromatic heterocycles. The summed E-state index contributed by atoms with van der Waals surface area (Å²) >= 11 is 0. The Morgan fingerprint density at radius 2 is 1.89 bits per heavy atom. The van der Waals surface area contributed by atoms with Crippen LogP contribution in [0.15, 0.2) is 11.3 Å². The highest BCUT2D eigenvalue weighted by atomic mass is 16.5. The molecule has 3 heteroatoms. The molecule has 0 unspecified atom stereocenters. The first kappa shape index (κ1) is 8.01. The third kappa shape index (κ3) is 2.17. The van der Waals surface area contributed by atoms with Crippen molar-refractivity contribution < 1.29 is 14.6 Å². The van der Waals surface area contributed by atoms with E-state index in [4.69, 9.17) is 5.11 Å². The summed E-state index contributed by atoms with van der Waals surface area (Å²) in [6, 6.07) is 0. The van der Waals surface area contributed by atoms with Gasteiger partial charge in [0, 0.05) is 0 Å². The van der Waals surface area contributed by atoms with E-state index in [1.807, 2.05) is 0 Å². The summed E-state index contributed by atoms with van der Waals surface area (Å²) in [5.41, 5.74) is 0.248. The fraction of sp³-hybridized carbons (Fsp3) is 0.500. The summed E-state index contributed by atoms with van der Waals surface area (Å²) in [5, 5.41) is 8.35. The molecule has 9 heavy (non-hydrogen) atoms. The molecule has 0 aromatic rings. The lowest BCUT2D eigenvalue weighted by Gasteiger charge is -1.99. The average molecular weight is 130 g/mol. The van der Waals surface area contributed by atoms with Gasteiger partial charge in [0.25, 0.3) is 0 Å². The van der Waals surface area contributed by atoms with Crippen LogP contribution in [0.1, 0.15) is 13.8 Å². The van der Waals surface area contributed by atoms with Gasteiger partial charge in [0.05, 0.1) is 12.7 Å². The van der Waals surface area contributed by atoms with Crippen LogP contribution in [0.2, 0.25) is 0 Å². The van der Waals surface area contributed by atoms with E-state index in [0.29, 0.717) is 5.76 Å². The Balaban J connectivity index is 4.28. The number of allylic oxidation sites excluding steroid dienone is 1. The topological polar surface area (TPSA) is 46.5 Å². The molecular formula is C6H10O3. The maximum absolute atomic E-state index is 10.2. The number of rotatable bonds is 2. The van der Waals surface area contributed by atoms with Crippen LogP contribution < -0.4 is 0 Å². The van der Waals surface area contributed by atoms with Crippen molar-refractivity contribution >= 4 is 5.97 Å². The number of carboxylic acids is 1. The Morgan fingerprint density at radius 1 is 1.44 bits per heavy atom. The second-order valence-corrected chi connectivity index (χ2v) is 1.69. The molecule has 1 N–H and O–H groups in total. The fourth-order valence-electron chi connectivity index (χ4n) is 0.304. The highest BCUT2D eigenvalue weighted by Gasteiger charge is 2.03. The first-order valence-corrected chi connectivity index (χ1v) is 2.54. The van der Waals surface area contributed by atoms with Crippen molar-refractivity contribution in [3.8, 4) is 0 Å². The van der Waals surface area contributed by atoms with Crippen LogP contribution in [-0.4, -0.2) is 18.2 Å². The van der Waals surface area contributed by atoms with Crippen LogP contribution in [0.3, 0.4) is 0 Å². The van der Waals surface area contributed by atoms with Crippen molar-refractivity contribution in [3.05, 3.63) is 11.3 Å². The summed E-state index contributed by atoms with van der Waals surface area (Å²) in [4.78, 5) is 10.2. The lowest BCUT2D eigenvalue weighted by Crippen LogP contribution is -2.00. The molecule has 0 spiro atoms. The van der Waals surface area contributed by atoms with Crippen molar-refractivity contribution in [1.29, 1.82) is 0 Å². The third-order valence-electron chi connectivity index (χ3n) is 1.16. The zero-order valence-electron chi connectivity index (χ0n) is 5.76. The summed E-state index contributed by atoms with van der Waals surface area (Å²) in [7, 11) is 1.45. The molecule has 0 amide bonds. The molecule has 0 heterocycles. The molecule has 3 nitrogen and oxygen atoms in total. The number of hydrogen-bond donors (Lipinski definition) is 1. The van der Waals surface area contributed by atoms with Crippen LogP contribution in [0, 0.1) is 0 Å². The summed E-state index contributed by atoms with van der Waals surface area (Å²) in [6.45, 7) is 3.12. The first-order valence-electron chi connectivity index (χ1n) is 2.54. The summed E-state index contributed by atoms with van der Waals surface area (Å²) in [5.74, 6) is -0.489. The molecule has 0 saturated carbocycles. The first-order chi connectivity index (χ1) is 4.09. The van der Waals surface area contributed by atoms with Crippen molar-refractivity contribution in [2.24, 2.45) is 0 Å². The largest absolute Gasteiger partial charge is 0.501 e. The summed E-state index contributed by atoms with van der Waals surface area (Å²) < 4.78 is 4.67. The molecule has 0 bridgehead atoms. The van der Waals surface area contributed by atoms with Gasteiger partial charge < -0.3 is 9.84 Å². The lowest BCUT2D eigenvalue weighted by molar-refractivity contribution is -0.132. The van der Waals surface area contributed by atoms with Gasteiger partial charge in [-0.05, 0) is 13.8 Å². The normalized spacial score (nSPS) is 12.3. The van der Waals surface area contributed by atoms with Gasteiger partial charge >= 0.3 is 5.97 Å². The van der Waals surface area contributed by atoms with Gasteiger partial charge in [-0.1, -0.05) is 0 Å². The van der Waals surface area contributed by atoms with Crippen LogP contribution in [0.5, 0.6) is 0 Å². The number of hydrogen-bond acceptors (Lipinski definition) is 2. The fourth-order valence-corrected chi connectivity index (χ4v) is 0.304. The van der Waals surface area contributed by atoms with Gasteiger partial charge in [-0.25, -0.2) is 4.79 Å². The zero-order valence-corrected chi connectivity index (χ0v) is 5.76. The predicted molar refractivity (Wildman–Crippen MR) is 33.0 cm³/mol. The SMILES string of the molecule is CO/C(C)=C(\C)C(=O)O. The molecular weight excluding hydrogens is 120 g/mol. The molecule has 0 fully saturated rings. The minimum absolute atomic E-state index is 0.248. The molecule has 0 aliphatic carbocycles. The number of carboxylic acid groups (broad SMARTS) is 1. The second kappa shape index (κ2) is 3.12. The highest BCUT2D eigenvalue weighted by Crippen LogP contribution is 2.02. The maximum Gasteiger partial charge on any atom is 0.334 e. The number of ether oxygens (including phenoxy) is 1. The molecule has 0 rings (SSSR count). The quantitative estimate of drug-likeness (QED) is 0.448. The van der Waals surface area contributed by atoms with E-state index >= 15 is 0 Å². The molecule has 52 valence electrons. The van der Waals surface area contributed by atoms with Crippen LogP contribution in [0.4, 0.5) is 0 Å². The monoisotopic (exact) mass is 130 g/mol. The van der Waals surface area contributed by atoms with Gasteiger partial charge in [0.1, 0.15) is 5.76 Å².